The molecule has 1 amide bonds. The zero-order chi connectivity index (χ0) is 21.4. The van der Waals surface area contributed by atoms with Crippen molar-refractivity contribution >= 4 is 34.3 Å². The second-order valence-electron chi connectivity index (χ2n) is 7.23. The van der Waals surface area contributed by atoms with Crippen molar-refractivity contribution in [3.8, 4) is 11.3 Å². The maximum absolute atomic E-state index is 12.5. The van der Waals surface area contributed by atoms with Crippen molar-refractivity contribution in [3.63, 3.8) is 0 Å². The molecule has 1 aliphatic heterocycles. The van der Waals surface area contributed by atoms with E-state index in [1.54, 1.807) is 12.1 Å². The van der Waals surface area contributed by atoms with Gasteiger partial charge >= 0.3 is 0 Å². The zero-order valence-corrected chi connectivity index (χ0v) is 17.5. The topological polar surface area (TPSA) is 54.8 Å². The Morgan fingerprint density at radius 2 is 1.68 bits per heavy atom. The molecular weight excluding hydrogens is 410 g/mol. The fourth-order valence-corrected chi connectivity index (χ4v) is 3.86. The quantitative estimate of drug-likeness (QED) is 0.415. The summed E-state index contributed by atoms with van der Waals surface area (Å²) in [7, 11) is 0. The standard InChI is InChI=1S/C25H18ClN3O2/c1-16(30)29-25(31-24(28-29)18-10-7-11-19(26)14-18)21-15-23(17-8-3-2-4-9-17)27-22-13-6-5-12-20(21)22/h2-15,25H,1H3. The van der Waals surface area contributed by atoms with Crippen LogP contribution in [-0.2, 0) is 9.53 Å². The Morgan fingerprint density at radius 1 is 0.935 bits per heavy atom. The van der Waals surface area contributed by atoms with Gasteiger partial charge in [-0.1, -0.05) is 66.2 Å². The van der Waals surface area contributed by atoms with E-state index in [0.717, 1.165) is 27.7 Å². The van der Waals surface area contributed by atoms with E-state index in [1.165, 1.54) is 11.9 Å². The van der Waals surface area contributed by atoms with Crippen LogP contribution in [0.5, 0.6) is 0 Å². The second kappa shape index (κ2) is 7.85. The van der Waals surface area contributed by atoms with Gasteiger partial charge in [-0.3, -0.25) is 4.79 Å². The van der Waals surface area contributed by atoms with Gasteiger partial charge in [0.05, 0.1) is 11.2 Å². The number of halogens is 1. The molecule has 5 nitrogen and oxygen atoms in total. The molecule has 1 atom stereocenters. The zero-order valence-electron chi connectivity index (χ0n) is 16.7. The van der Waals surface area contributed by atoms with E-state index < -0.39 is 6.23 Å². The van der Waals surface area contributed by atoms with Gasteiger partial charge in [-0.25, -0.2) is 4.98 Å². The number of carbonyl (C=O) groups excluding carboxylic acids is 1. The van der Waals surface area contributed by atoms with Crippen molar-refractivity contribution in [2.75, 3.05) is 0 Å². The van der Waals surface area contributed by atoms with Crippen molar-refractivity contribution in [2.24, 2.45) is 5.10 Å². The molecule has 0 spiro atoms. The lowest BCUT2D eigenvalue weighted by Gasteiger charge is -2.21. The van der Waals surface area contributed by atoms with Crippen molar-refractivity contribution in [1.29, 1.82) is 0 Å². The van der Waals surface area contributed by atoms with Crippen molar-refractivity contribution in [1.82, 2.24) is 9.99 Å². The Bertz CT molecular complexity index is 1320. The molecule has 2 heterocycles. The van der Waals surface area contributed by atoms with Crippen LogP contribution in [0.2, 0.25) is 5.02 Å². The first-order valence-corrected chi connectivity index (χ1v) is 10.2. The third-order valence-electron chi connectivity index (χ3n) is 5.12. The van der Waals surface area contributed by atoms with Gasteiger partial charge in [0.1, 0.15) is 0 Å². The minimum absolute atomic E-state index is 0.218. The van der Waals surface area contributed by atoms with E-state index in [1.807, 2.05) is 72.8 Å². The molecule has 1 aliphatic rings. The van der Waals surface area contributed by atoms with Gasteiger partial charge in [0.25, 0.3) is 0 Å². The van der Waals surface area contributed by atoms with E-state index in [2.05, 4.69) is 5.10 Å². The molecule has 0 bridgehead atoms. The number of aromatic nitrogens is 1. The Hall–Kier alpha value is -3.70. The molecule has 0 aliphatic carbocycles. The van der Waals surface area contributed by atoms with Gasteiger partial charge in [0, 0.05) is 34.0 Å². The Morgan fingerprint density at radius 3 is 2.45 bits per heavy atom. The number of hydrogen-bond acceptors (Lipinski definition) is 4. The van der Waals surface area contributed by atoms with Crippen LogP contribution in [0.15, 0.2) is 90.0 Å². The molecule has 3 aromatic carbocycles. The first kappa shape index (κ1) is 19.3. The lowest BCUT2D eigenvalue weighted by atomic mass is 10.0. The molecule has 0 saturated heterocycles. The highest BCUT2D eigenvalue weighted by atomic mass is 35.5. The molecule has 0 saturated carbocycles. The second-order valence-corrected chi connectivity index (χ2v) is 7.67. The molecule has 6 heteroatoms. The van der Waals surface area contributed by atoms with E-state index >= 15 is 0 Å². The molecule has 1 unspecified atom stereocenters. The summed E-state index contributed by atoms with van der Waals surface area (Å²) in [5.74, 6) is 0.133. The van der Waals surface area contributed by atoms with E-state index in [4.69, 9.17) is 21.3 Å². The summed E-state index contributed by atoms with van der Waals surface area (Å²) in [5, 5.41) is 7.31. The number of ether oxygens (including phenoxy) is 1. The van der Waals surface area contributed by atoms with Crippen LogP contribution in [0.25, 0.3) is 22.2 Å². The number of para-hydroxylation sites is 1. The molecular formula is C25H18ClN3O2. The lowest BCUT2D eigenvalue weighted by Crippen LogP contribution is -2.25. The van der Waals surface area contributed by atoms with Crippen molar-refractivity contribution in [3.05, 3.63) is 101 Å². The van der Waals surface area contributed by atoms with Gasteiger partial charge in [-0.05, 0) is 30.3 Å². The maximum Gasteiger partial charge on any atom is 0.243 e. The fourth-order valence-electron chi connectivity index (χ4n) is 3.67. The number of hydrogen-bond donors (Lipinski definition) is 0. The maximum atomic E-state index is 12.5. The van der Waals surface area contributed by atoms with Gasteiger partial charge in [-0.15, -0.1) is 5.10 Å². The number of fused-ring (bicyclic) bond motifs is 1. The molecule has 1 aromatic heterocycles. The van der Waals surface area contributed by atoms with Crippen LogP contribution in [-0.4, -0.2) is 21.8 Å². The van der Waals surface area contributed by atoms with Crippen LogP contribution in [0.4, 0.5) is 0 Å². The summed E-state index contributed by atoms with van der Waals surface area (Å²) in [6.07, 6.45) is -0.707. The molecule has 152 valence electrons. The van der Waals surface area contributed by atoms with Crippen LogP contribution in [0, 0.1) is 0 Å². The lowest BCUT2D eigenvalue weighted by molar-refractivity contribution is -0.135. The average Bonchev–Trinajstić information content (AvgIpc) is 3.25. The Kier molecular flexibility index (Phi) is 4.88. The molecule has 0 fully saturated rings. The van der Waals surface area contributed by atoms with Gasteiger partial charge in [-0.2, -0.15) is 5.01 Å². The SMILES string of the molecule is CC(=O)N1N=C(c2cccc(Cl)c2)OC1c1cc(-c2ccccc2)nc2ccccc12. The van der Waals surface area contributed by atoms with E-state index in [0.29, 0.717) is 16.5 Å². The monoisotopic (exact) mass is 427 g/mol. The minimum Gasteiger partial charge on any atom is -0.446 e. The number of benzene rings is 3. The highest BCUT2D eigenvalue weighted by Gasteiger charge is 2.34. The summed E-state index contributed by atoms with van der Waals surface area (Å²) in [6.45, 7) is 1.47. The van der Waals surface area contributed by atoms with Crippen molar-refractivity contribution in [2.45, 2.75) is 13.2 Å². The van der Waals surface area contributed by atoms with Crippen LogP contribution < -0.4 is 0 Å². The van der Waals surface area contributed by atoms with Crippen LogP contribution in [0.1, 0.15) is 24.3 Å². The summed E-state index contributed by atoms with van der Waals surface area (Å²) >= 11 is 6.14. The third kappa shape index (κ3) is 3.64. The van der Waals surface area contributed by atoms with Crippen LogP contribution >= 0.6 is 11.6 Å². The fraction of sp³-hybridized carbons (Fsp3) is 0.0800. The Labute approximate surface area is 184 Å². The summed E-state index contributed by atoms with van der Waals surface area (Å²) in [5.41, 5.74) is 4.14. The predicted octanol–water partition coefficient (Wildman–Crippen LogP) is 5.79. The van der Waals surface area contributed by atoms with Crippen molar-refractivity contribution < 1.29 is 9.53 Å². The summed E-state index contributed by atoms with van der Waals surface area (Å²) < 4.78 is 6.23. The van der Waals surface area contributed by atoms with Gasteiger partial charge < -0.3 is 4.74 Å². The smallest absolute Gasteiger partial charge is 0.243 e. The highest BCUT2D eigenvalue weighted by Crippen LogP contribution is 2.36. The summed E-state index contributed by atoms with van der Waals surface area (Å²) in [4.78, 5) is 17.3. The van der Waals surface area contributed by atoms with E-state index in [9.17, 15) is 4.79 Å². The number of nitrogens with zero attached hydrogens (tertiary/aromatic N) is 3. The van der Waals surface area contributed by atoms with E-state index in [-0.39, 0.29) is 5.91 Å². The molecule has 5 rings (SSSR count). The molecule has 31 heavy (non-hydrogen) atoms. The number of hydrazone groups is 1. The molecule has 0 radical (unpaired) electrons. The Balaban J connectivity index is 1.65. The number of rotatable bonds is 3. The van der Waals surface area contributed by atoms with Gasteiger partial charge in [0.2, 0.25) is 18.0 Å². The van der Waals surface area contributed by atoms with Crippen LogP contribution in [0.3, 0.4) is 0 Å². The largest absolute Gasteiger partial charge is 0.446 e. The third-order valence-corrected chi connectivity index (χ3v) is 5.36. The molecule has 4 aromatic rings. The highest BCUT2D eigenvalue weighted by molar-refractivity contribution is 6.31. The van der Waals surface area contributed by atoms with Gasteiger partial charge in [0.15, 0.2) is 0 Å². The normalized spacial score (nSPS) is 15.6. The number of amides is 1. The number of pyridine rings is 1. The average molecular weight is 428 g/mol. The minimum atomic E-state index is -0.707. The first-order chi connectivity index (χ1) is 15.1. The predicted molar refractivity (Wildman–Crippen MR) is 122 cm³/mol. The molecule has 0 N–H and O–H groups in total. The first-order valence-electron chi connectivity index (χ1n) is 9.86. The summed E-state index contributed by atoms with van der Waals surface area (Å²) in [6, 6.07) is 26.9. The number of carbonyl (C=O) groups is 1.